The summed E-state index contributed by atoms with van der Waals surface area (Å²) in [5.74, 6) is -2.44. The van der Waals surface area contributed by atoms with Gasteiger partial charge in [0.25, 0.3) is 0 Å². The van der Waals surface area contributed by atoms with Gasteiger partial charge in [-0.3, -0.25) is 4.79 Å². The predicted molar refractivity (Wildman–Crippen MR) is 72.2 cm³/mol. The Kier molecular flexibility index (Phi) is 7.14. The number of hydrogen-bond donors (Lipinski definition) is 2. The van der Waals surface area contributed by atoms with E-state index in [-0.39, 0.29) is 18.6 Å². The number of rotatable bonds is 8. The van der Waals surface area contributed by atoms with Crippen LogP contribution in [0.3, 0.4) is 0 Å². The van der Waals surface area contributed by atoms with Gasteiger partial charge in [-0.2, -0.15) is 0 Å². The summed E-state index contributed by atoms with van der Waals surface area (Å²) in [5, 5.41) is 2.44. The zero-order valence-electron chi connectivity index (χ0n) is 11.5. The highest BCUT2D eigenvalue weighted by Crippen LogP contribution is 2.13. The Hall–Kier alpha value is -2.18. The van der Waals surface area contributed by atoms with Gasteiger partial charge in [0.2, 0.25) is 0 Å². The molecule has 21 heavy (non-hydrogen) atoms. The van der Waals surface area contributed by atoms with Gasteiger partial charge in [-0.15, -0.1) is 0 Å². The Morgan fingerprint density at radius 1 is 1.19 bits per heavy atom. The molecule has 0 aromatic heterocycles. The molecule has 0 unspecified atom stereocenters. The largest absolute Gasteiger partial charge is 0.461 e. The van der Waals surface area contributed by atoms with Gasteiger partial charge in [-0.1, -0.05) is 18.6 Å². The van der Waals surface area contributed by atoms with Crippen molar-refractivity contribution in [2.45, 2.75) is 32.3 Å². The molecule has 3 N–H and O–H groups in total. The van der Waals surface area contributed by atoms with Gasteiger partial charge in [0.05, 0.1) is 0 Å². The lowest BCUT2D eigenvalue weighted by atomic mass is 10.2. The van der Waals surface area contributed by atoms with Crippen LogP contribution < -0.4 is 11.1 Å². The van der Waals surface area contributed by atoms with Crippen LogP contribution in [-0.2, 0) is 16.1 Å². The molecule has 0 aliphatic rings. The first-order chi connectivity index (χ1) is 10.0. The van der Waals surface area contributed by atoms with Gasteiger partial charge < -0.3 is 15.8 Å². The number of ether oxygens (including phenoxy) is 1. The smallest absolute Gasteiger partial charge is 0.312 e. The van der Waals surface area contributed by atoms with Crippen LogP contribution in [-0.4, -0.2) is 18.5 Å². The number of hydrogen-bond acceptors (Lipinski definition) is 3. The molecule has 0 saturated heterocycles. The summed E-state index contributed by atoms with van der Waals surface area (Å²) < 4.78 is 31.1. The molecule has 1 aromatic rings. The standard InChI is InChI=1S/C14H18F2N2O3/c15-11-6-4-5-10(13(11)16)9-21-12(19)7-2-1-3-8-18-14(17)20/h4-6H,1-3,7-9H2,(H3,17,18,20). The summed E-state index contributed by atoms with van der Waals surface area (Å²) >= 11 is 0. The lowest BCUT2D eigenvalue weighted by Crippen LogP contribution is -2.29. The van der Waals surface area contributed by atoms with Crippen LogP contribution in [0.5, 0.6) is 0 Å². The molecular weight excluding hydrogens is 282 g/mol. The van der Waals surface area contributed by atoms with E-state index in [4.69, 9.17) is 10.5 Å². The lowest BCUT2D eigenvalue weighted by molar-refractivity contribution is -0.145. The lowest BCUT2D eigenvalue weighted by Gasteiger charge is -2.06. The van der Waals surface area contributed by atoms with E-state index < -0.39 is 23.6 Å². The van der Waals surface area contributed by atoms with E-state index >= 15 is 0 Å². The van der Waals surface area contributed by atoms with Crippen molar-refractivity contribution in [1.29, 1.82) is 0 Å². The second-order valence-electron chi connectivity index (χ2n) is 4.48. The average Bonchev–Trinajstić information content (AvgIpc) is 2.44. The number of carbonyl (C=O) groups is 2. The van der Waals surface area contributed by atoms with E-state index in [0.29, 0.717) is 19.4 Å². The van der Waals surface area contributed by atoms with E-state index in [2.05, 4.69) is 5.32 Å². The number of primary amides is 1. The highest BCUT2D eigenvalue weighted by molar-refractivity contribution is 5.71. The van der Waals surface area contributed by atoms with Crippen molar-refractivity contribution in [3.63, 3.8) is 0 Å². The van der Waals surface area contributed by atoms with Crippen LogP contribution >= 0.6 is 0 Å². The van der Waals surface area contributed by atoms with Gasteiger partial charge in [0.15, 0.2) is 11.6 Å². The molecular formula is C14H18F2N2O3. The van der Waals surface area contributed by atoms with Gasteiger partial charge in [0, 0.05) is 18.5 Å². The minimum absolute atomic E-state index is 0.00834. The second kappa shape index (κ2) is 8.89. The molecule has 0 aliphatic heterocycles. The number of esters is 1. The maximum Gasteiger partial charge on any atom is 0.312 e. The van der Waals surface area contributed by atoms with Crippen molar-refractivity contribution in [3.05, 3.63) is 35.4 Å². The molecule has 0 saturated carbocycles. The Morgan fingerprint density at radius 3 is 2.67 bits per heavy atom. The Bertz CT molecular complexity index is 495. The van der Waals surface area contributed by atoms with Crippen molar-refractivity contribution in [3.8, 4) is 0 Å². The number of nitrogens with one attached hydrogen (secondary N) is 1. The first kappa shape index (κ1) is 16.9. The van der Waals surface area contributed by atoms with Crippen LogP contribution in [0.25, 0.3) is 0 Å². The van der Waals surface area contributed by atoms with Gasteiger partial charge in [0.1, 0.15) is 6.61 Å². The zero-order valence-corrected chi connectivity index (χ0v) is 11.5. The van der Waals surface area contributed by atoms with E-state index in [1.54, 1.807) is 0 Å². The fourth-order valence-corrected chi connectivity index (χ4v) is 1.67. The molecule has 0 fully saturated rings. The predicted octanol–water partition coefficient (Wildman–Crippen LogP) is 2.24. The summed E-state index contributed by atoms with van der Waals surface area (Å²) in [7, 11) is 0. The highest BCUT2D eigenvalue weighted by Gasteiger charge is 2.10. The number of carbonyl (C=O) groups excluding carboxylic acids is 2. The summed E-state index contributed by atoms with van der Waals surface area (Å²) in [5.41, 5.74) is 4.90. The Balaban J connectivity index is 2.17. The summed E-state index contributed by atoms with van der Waals surface area (Å²) in [6.07, 6.45) is 2.21. The second-order valence-corrected chi connectivity index (χ2v) is 4.48. The fourth-order valence-electron chi connectivity index (χ4n) is 1.67. The minimum atomic E-state index is -0.997. The van der Waals surface area contributed by atoms with Gasteiger partial charge in [-0.25, -0.2) is 13.6 Å². The quantitative estimate of drug-likeness (QED) is 0.570. The van der Waals surface area contributed by atoms with Crippen molar-refractivity contribution >= 4 is 12.0 Å². The number of amides is 2. The van der Waals surface area contributed by atoms with Crippen LogP contribution in [0.1, 0.15) is 31.2 Å². The van der Waals surface area contributed by atoms with E-state index in [0.717, 1.165) is 12.5 Å². The molecule has 5 nitrogen and oxygen atoms in total. The third kappa shape index (κ3) is 6.69. The summed E-state index contributed by atoms with van der Waals surface area (Å²) in [4.78, 5) is 21.8. The summed E-state index contributed by atoms with van der Waals surface area (Å²) in [6.45, 7) is 0.171. The first-order valence-electron chi connectivity index (χ1n) is 6.62. The fraction of sp³-hybridized carbons (Fsp3) is 0.429. The van der Waals surface area contributed by atoms with Crippen molar-refractivity contribution in [2.24, 2.45) is 5.73 Å². The number of urea groups is 1. The normalized spacial score (nSPS) is 10.2. The van der Waals surface area contributed by atoms with Gasteiger partial charge in [-0.05, 0) is 18.9 Å². The first-order valence-corrected chi connectivity index (χ1v) is 6.62. The number of benzene rings is 1. The molecule has 0 spiro atoms. The molecule has 116 valence electrons. The molecule has 0 aliphatic carbocycles. The molecule has 0 heterocycles. The van der Waals surface area contributed by atoms with Crippen LogP contribution in [0.15, 0.2) is 18.2 Å². The van der Waals surface area contributed by atoms with Crippen molar-refractivity contribution < 1.29 is 23.1 Å². The molecule has 0 bridgehead atoms. The summed E-state index contributed by atoms with van der Waals surface area (Å²) in [6, 6.07) is 3.14. The Labute approximate surface area is 121 Å². The SMILES string of the molecule is NC(=O)NCCCCCC(=O)OCc1cccc(F)c1F. The topological polar surface area (TPSA) is 81.4 Å². The third-order valence-electron chi connectivity index (χ3n) is 2.78. The Morgan fingerprint density at radius 2 is 1.95 bits per heavy atom. The average molecular weight is 300 g/mol. The van der Waals surface area contributed by atoms with Crippen molar-refractivity contribution in [1.82, 2.24) is 5.32 Å². The van der Waals surface area contributed by atoms with Gasteiger partial charge >= 0.3 is 12.0 Å². The van der Waals surface area contributed by atoms with E-state index in [1.807, 2.05) is 0 Å². The van der Waals surface area contributed by atoms with Crippen LogP contribution in [0.4, 0.5) is 13.6 Å². The molecule has 1 rings (SSSR count). The van der Waals surface area contributed by atoms with Crippen LogP contribution in [0.2, 0.25) is 0 Å². The molecule has 2 amide bonds. The van der Waals surface area contributed by atoms with Crippen LogP contribution in [0, 0.1) is 11.6 Å². The highest BCUT2D eigenvalue weighted by atomic mass is 19.2. The molecule has 1 aromatic carbocycles. The molecule has 7 heteroatoms. The monoisotopic (exact) mass is 300 g/mol. The van der Waals surface area contributed by atoms with Crippen molar-refractivity contribution in [2.75, 3.05) is 6.54 Å². The number of nitrogens with two attached hydrogens (primary N) is 1. The number of unbranched alkanes of at least 4 members (excludes halogenated alkanes) is 2. The minimum Gasteiger partial charge on any atom is -0.461 e. The van der Waals surface area contributed by atoms with E-state index in [9.17, 15) is 18.4 Å². The maximum absolute atomic E-state index is 13.3. The maximum atomic E-state index is 13.3. The third-order valence-corrected chi connectivity index (χ3v) is 2.78. The zero-order chi connectivity index (χ0) is 15.7. The number of halogens is 2. The molecule has 0 atom stereocenters. The van der Waals surface area contributed by atoms with E-state index in [1.165, 1.54) is 12.1 Å². The molecule has 0 radical (unpaired) electrons.